The van der Waals surface area contributed by atoms with Gasteiger partial charge in [0.25, 0.3) is 0 Å². The van der Waals surface area contributed by atoms with Crippen LogP contribution < -0.4 is 5.73 Å². The first-order valence-electron chi connectivity index (χ1n) is 5.99. The summed E-state index contributed by atoms with van der Waals surface area (Å²) in [4.78, 5) is 0. The molecule has 0 aliphatic heterocycles. The molecule has 82 valence electrons. The van der Waals surface area contributed by atoms with Crippen LogP contribution in [0, 0.1) is 19.8 Å². The molecule has 1 aliphatic carbocycles. The Kier molecular flexibility index (Phi) is 3.11. The molecular formula is C14H21N. The Balaban J connectivity index is 1.99. The van der Waals surface area contributed by atoms with Crippen LogP contribution in [0.25, 0.3) is 0 Å². The van der Waals surface area contributed by atoms with Crippen molar-refractivity contribution in [2.24, 2.45) is 11.7 Å². The number of hydrogen-bond acceptors (Lipinski definition) is 1. The summed E-state index contributed by atoms with van der Waals surface area (Å²) in [7, 11) is 0. The van der Waals surface area contributed by atoms with Crippen LogP contribution in [0.2, 0.25) is 0 Å². The average Bonchev–Trinajstić information content (AvgIpc) is 2.97. The van der Waals surface area contributed by atoms with Crippen molar-refractivity contribution in [2.45, 2.75) is 45.6 Å². The smallest absolute Gasteiger partial charge is 0.0297 e. The third-order valence-corrected chi connectivity index (χ3v) is 3.41. The summed E-state index contributed by atoms with van der Waals surface area (Å²) in [5, 5.41) is 0. The Labute approximate surface area is 92.7 Å². The molecule has 2 N–H and O–H groups in total. The van der Waals surface area contributed by atoms with Gasteiger partial charge in [-0.1, -0.05) is 36.6 Å². The molecule has 0 heterocycles. The SMILES string of the molecule is Cc1ccc(C(N)CCC2CC2)c(C)c1. The molecule has 0 aromatic heterocycles. The van der Waals surface area contributed by atoms with Gasteiger partial charge in [-0.3, -0.25) is 0 Å². The fraction of sp³-hybridized carbons (Fsp3) is 0.571. The molecule has 1 aromatic carbocycles. The molecule has 0 radical (unpaired) electrons. The number of nitrogens with two attached hydrogens (primary N) is 1. The van der Waals surface area contributed by atoms with Crippen molar-refractivity contribution >= 4 is 0 Å². The average molecular weight is 203 g/mol. The van der Waals surface area contributed by atoms with Gasteiger partial charge < -0.3 is 5.73 Å². The zero-order chi connectivity index (χ0) is 10.8. The van der Waals surface area contributed by atoms with Crippen LogP contribution in [0.4, 0.5) is 0 Å². The van der Waals surface area contributed by atoms with Crippen LogP contribution in [0.5, 0.6) is 0 Å². The predicted molar refractivity (Wildman–Crippen MR) is 64.8 cm³/mol. The summed E-state index contributed by atoms with van der Waals surface area (Å²) in [6, 6.07) is 6.83. The third-order valence-electron chi connectivity index (χ3n) is 3.41. The molecule has 0 spiro atoms. The minimum atomic E-state index is 0.242. The number of benzene rings is 1. The second-order valence-corrected chi connectivity index (χ2v) is 4.99. The Morgan fingerprint density at radius 1 is 1.33 bits per heavy atom. The molecular weight excluding hydrogens is 182 g/mol. The van der Waals surface area contributed by atoms with Crippen molar-refractivity contribution in [1.82, 2.24) is 0 Å². The van der Waals surface area contributed by atoms with E-state index in [9.17, 15) is 0 Å². The van der Waals surface area contributed by atoms with Crippen LogP contribution in [0.1, 0.15) is 48.4 Å². The summed E-state index contributed by atoms with van der Waals surface area (Å²) in [6.45, 7) is 4.30. The zero-order valence-corrected chi connectivity index (χ0v) is 9.79. The number of rotatable bonds is 4. The van der Waals surface area contributed by atoms with Crippen molar-refractivity contribution in [3.05, 3.63) is 34.9 Å². The normalized spacial score (nSPS) is 17.8. The van der Waals surface area contributed by atoms with E-state index < -0.39 is 0 Å². The lowest BCUT2D eigenvalue weighted by molar-refractivity contribution is 0.573. The first kappa shape index (κ1) is 10.7. The van der Waals surface area contributed by atoms with E-state index in [0.29, 0.717) is 0 Å². The largest absolute Gasteiger partial charge is 0.324 e. The van der Waals surface area contributed by atoms with Crippen molar-refractivity contribution in [2.75, 3.05) is 0 Å². The summed E-state index contributed by atoms with van der Waals surface area (Å²) < 4.78 is 0. The standard InChI is InChI=1S/C14H21N/c1-10-3-7-13(11(2)9-10)14(15)8-6-12-4-5-12/h3,7,9,12,14H,4-6,8,15H2,1-2H3. The Morgan fingerprint density at radius 2 is 2.07 bits per heavy atom. The highest BCUT2D eigenvalue weighted by atomic mass is 14.6. The monoisotopic (exact) mass is 203 g/mol. The summed E-state index contributed by atoms with van der Waals surface area (Å²) in [6.07, 6.45) is 5.32. The Hall–Kier alpha value is -0.820. The molecule has 1 fully saturated rings. The van der Waals surface area contributed by atoms with E-state index in [2.05, 4.69) is 32.0 Å². The molecule has 0 bridgehead atoms. The van der Waals surface area contributed by atoms with Crippen LogP contribution in [-0.2, 0) is 0 Å². The second-order valence-electron chi connectivity index (χ2n) is 4.99. The van der Waals surface area contributed by atoms with Crippen molar-refractivity contribution in [3.8, 4) is 0 Å². The third kappa shape index (κ3) is 2.82. The van der Waals surface area contributed by atoms with Crippen LogP contribution >= 0.6 is 0 Å². The lowest BCUT2D eigenvalue weighted by atomic mass is 9.96. The van der Waals surface area contributed by atoms with Gasteiger partial charge in [-0.25, -0.2) is 0 Å². The highest BCUT2D eigenvalue weighted by molar-refractivity contribution is 5.32. The van der Waals surface area contributed by atoms with Gasteiger partial charge in [0.15, 0.2) is 0 Å². The molecule has 1 aromatic rings. The highest BCUT2D eigenvalue weighted by Crippen LogP contribution is 2.35. The topological polar surface area (TPSA) is 26.0 Å². The lowest BCUT2D eigenvalue weighted by Gasteiger charge is -2.15. The van der Waals surface area contributed by atoms with Crippen molar-refractivity contribution in [3.63, 3.8) is 0 Å². The summed E-state index contributed by atoms with van der Waals surface area (Å²) >= 11 is 0. The first-order chi connectivity index (χ1) is 7.16. The van der Waals surface area contributed by atoms with Crippen LogP contribution in [0.3, 0.4) is 0 Å². The van der Waals surface area contributed by atoms with E-state index in [4.69, 9.17) is 5.73 Å². The van der Waals surface area contributed by atoms with Gasteiger partial charge in [0.1, 0.15) is 0 Å². The van der Waals surface area contributed by atoms with Crippen LogP contribution in [-0.4, -0.2) is 0 Å². The molecule has 0 amide bonds. The van der Waals surface area contributed by atoms with Crippen molar-refractivity contribution in [1.29, 1.82) is 0 Å². The van der Waals surface area contributed by atoms with E-state index >= 15 is 0 Å². The fourth-order valence-corrected chi connectivity index (χ4v) is 2.22. The van der Waals surface area contributed by atoms with Gasteiger partial charge in [0.2, 0.25) is 0 Å². The maximum absolute atomic E-state index is 6.22. The molecule has 1 heteroatoms. The number of aryl methyl sites for hydroxylation is 2. The van der Waals surface area contributed by atoms with E-state index in [0.717, 1.165) is 12.3 Å². The van der Waals surface area contributed by atoms with Crippen LogP contribution in [0.15, 0.2) is 18.2 Å². The first-order valence-corrected chi connectivity index (χ1v) is 5.99. The zero-order valence-electron chi connectivity index (χ0n) is 9.79. The van der Waals surface area contributed by atoms with E-state index in [1.807, 2.05) is 0 Å². The van der Waals surface area contributed by atoms with Crippen molar-refractivity contribution < 1.29 is 0 Å². The quantitative estimate of drug-likeness (QED) is 0.796. The lowest BCUT2D eigenvalue weighted by Crippen LogP contribution is -2.12. The maximum atomic E-state index is 6.22. The second kappa shape index (κ2) is 4.36. The molecule has 1 aliphatic rings. The van der Waals surface area contributed by atoms with E-state index in [1.54, 1.807) is 0 Å². The number of hydrogen-bond donors (Lipinski definition) is 1. The Morgan fingerprint density at radius 3 is 2.67 bits per heavy atom. The van der Waals surface area contributed by atoms with E-state index in [1.165, 1.54) is 36.0 Å². The molecule has 1 nitrogen and oxygen atoms in total. The maximum Gasteiger partial charge on any atom is 0.0297 e. The van der Waals surface area contributed by atoms with Gasteiger partial charge >= 0.3 is 0 Å². The highest BCUT2D eigenvalue weighted by Gasteiger charge is 2.22. The van der Waals surface area contributed by atoms with E-state index in [-0.39, 0.29) is 6.04 Å². The molecule has 0 saturated heterocycles. The fourth-order valence-electron chi connectivity index (χ4n) is 2.22. The summed E-state index contributed by atoms with van der Waals surface area (Å²) in [5.41, 5.74) is 10.2. The van der Waals surface area contributed by atoms with Gasteiger partial charge in [-0.15, -0.1) is 0 Å². The predicted octanol–water partition coefficient (Wildman–Crippen LogP) is 3.49. The van der Waals surface area contributed by atoms with Gasteiger partial charge in [-0.2, -0.15) is 0 Å². The molecule has 1 atom stereocenters. The van der Waals surface area contributed by atoms with Gasteiger partial charge in [0.05, 0.1) is 0 Å². The minimum absolute atomic E-state index is 0.242. The molecule has 15 heavy (non-hydrogen) atoms. The Bertz CT molecular complexity index is 339. The van der Waals surface area contributed by atoms with Gasteiger partial charge in [0, 0.05) is 6.04 Å². The minimum Gasteiger partial charge on any atom is -0.324 e. The molecule has 1 saturated carbocycles. The summed E-state index contributed by atoms with van der Waals surface area (Å²) in [5.74, 6) is 0.988. The molecule has 1 unspecified atom stereocenters. The van der Waals surface area contributed by atoms with Gasteiger partial charge in [-0.05, 0) is 43.7 Å². The molecule has 2 rings (SSSR count).